The molecule has 3 rings (SSSR count). The van der Waals surface area contributed by atoms with Gasteiger partial charge in [-0.05, 0) is 31.5 Å². The van der Waals surface area contributed by atoms with Gasteiger partial charge in [0.1, 0.15) is 5.75 Å². The Balaban J connectivity index is 2.06. The van der Waals surface area contributed by atoms with Gasteiger partial charge in [-0.3, -0.25) is 9.78 Å². The summed E-state index contributed by atoms with van der Waals surface area (Å²) in [6, 6.07) is 8.23. The third-order valence-electron chi connectivity index (χ3n) is 4.58. The maximum absolute atomic E-state index is 11.4. The van der Waals surface area contributed by atoms with Crippen LogP contribution in [0, 0.1) is 6.92 Å². The Morgan fingerprint density at radius 3 is 2.79 bits per heavy atom. The molecule has 0 aliphatic rings. The highest BCUT2D eigenvalue weighted by Gasteiger charge is 2.14. The minimum Gasteiger partial charge on any atom is -0.497 e. The highest BCUT2D eigenvalue weighted by Crippen LogP contribution is 2.32. The molecule has 2 aromatic heterocycles. The average Bonchev–Trinajstić information content (AvgIpc) is 2.89. The van der Waals surface area contributed by atoms with Crippen LogP contribution in [0.1, 0.15) is 19.0 Å². The standard InChI is InChI=1S/C19H23N3O2/c1-13-19-17(8-9-20-13)16-7-6-15(24-4)12-18(16)22(19)11-5-10-21(3)14(2)23/h6-9,12H,5,10-11H2,1-4H3. The molecule has 1 amide bonds. The SMILES string of the molecule is COc1ccc2c3ccnc(C)c3n(CCCN(C)C(C)=O)c2c1. The van der Waals surface area contributed by atoms with E-state index in [4.69, 9.17) is 4.74 Å². The van der Waals surface area contributed by atoms with Gasteiger partial charge < -0.3 is 14.2 Å². The molecule has 5 heteroatoms. The number of aromatic nitrogens is 2. The summed E-state index contributed by atoms with van der Waals surface area (Å²) in [6.07, 6.45) is 2.75. The lowest BCUT2D eigenvalue weighted by atomic mass is 10.1. The number of benzene rings is 1. The quantitative estimate of drug-likeness (QED) is 0.722. The van der Waals surface area contributed by atoms with Crippen LogP contribution in [0.15, 0.2) is 30.5 Å². The number of nitrogens with zero attached hydrogens (tertiary/aromatic N) is 3. The van der Waals surface area contributed by atoms with Crippen molar-refractivity contribution in [2.24, 2.45) is 0 Å². The molecule has 0 bridgehead atoms. The summed E-state index contributed by atoms with van der Waals surface area (Å²) < 4.78 is 7.69. The van der Waals surface area contributed by atoms with Crippen LogP contribution in [0.2, 0.25) is 0 Å². The van der Waals surface area contributed by atoms with Crippen molar-refractivity contribution in [2.75, 3.05) is 20.7 Å². The Bertz CT molecular complexity index is 898. The molecule has 0 spiro atoms. The number of fused-ring (bicyclic) bond motifs is 3. The minimum absolute atomic E-state index is 0.0942. The number of ether oxygens (including phenoxy) is 1. The number of hydrogen-bond donors (Lipinski definition) is 0. The summed E-state index contributed by atoms with van der Waals surface area (Å²) in [4.78, 5) is 17.6. The number of methoxy groups -OCH3 is 1. The highest BCUT2D eigenvalue weighted by atomic mass is 16.5. The number of carbonyl (C=O) groups excluding carboxylic acids is 1. The number of hydrogen-bond acceptors (Lipinski definition) is 3. The predicted molar refractivity (Wildman–Crippen MR) is 96.5 cm³/mol. The van der Waals surface area contributed by atoms with E-state index in [0.717, 1.165) is 42.0 Å². The Labute approximate surface area is 141 Å². The second kappa shape index (κ2) is 6.51. The maximum atomic E-state index is 11.4. The van der Waals surface area contributed by atoms with Crippen LogP contribution in [0.3, 0.4) is 0 Å². The van der Waals surface area contributed by atoms with E-state index in [0.29, 0.717) is 0 Å². The van der Waals surface area contributed by atoms with Gasteiger partial charge in [-0.15, -0.1) is 0 Å². The molecule has 3 aromatic rings. The summed E-state index contributed by atoms with van der Waals surface area (Å²) in [7, 11) is 3.52. The Morgan fingerprint density at radius 2 is 2.08 bits per heavy atom. The van der Waals surface area contributed by atoms with Gasteiger partial charge in [0.2, 0.25) is 5.91 Å². The minimum atomic E-state index is 0.0942. The van der Waals surface area contributed by atoms with E-state index in [1.165, 1.54) is 10.8 Å². The number of carbonyl (C=O) groups is 1. The molecule has 126 valence electrons. The topological polar surface area (TPSA) is 47.4 Å². The molecular formula is C19H23N3O2. The number of aryl methyl sites for hydroxylation is 2. The van der Waals surface area contributed by atoms with Gasteiger partial charge >= 0.3 is 0 Å². The summed E-state index contributed by atoms with van der Waals surface area (Å²) in [5, 5.41) is 2.41. The zero-order chi connectivity index (χ0) is 17.3. The second-order valence-electron chi connectivity index (χ2n) is 6.12. The first kappa shape index (κ1) is 16.3. The number of amides is 1. The fourth-order valence-corrected chi connectivity index (χ4v) is 3.18. The van der Waals surface area contributed by atoms with E-state index in [-0.39, 0.29) is 5.91 Å². The summed E-state index contributed by atoms with van der Waals surface area (Å²) >= 11 is 0. The van der Waals surface area contributed by atoms with Gasteiger partial charge in [0.25, 0.3) is 0 Å². The molecule has 0 fully saturated rings. The van der Waals surface area contributed by atoms with Crippen LogP contribution < -0.4 is 4.74 Å². The van der Waals surface area contributed by atoms with E-state index < -0.39 is 0 Å². The smallest absolute Gasteiger partial charge is 0.219 e. The van der Waals surface area contributed by atoms with Crippen molar-refractivity contribution in [1.29, 1.82) is 0 Å². The maximum Gasteiger partial charge on any atom is 0.219 e. The third kappa shape index (κ3) is 2.82. The van der Waals surface area contributed by atoms with E-state index in [1.807, 2.05) is 26.2 Å². The molecule has 0 saturated heterocycles. The van der Waals surface area contributed by atoms with Crippen LogP contribution in [0.5, 0.6) is 5.75 Å². The molecule has 0 aliphatic heterocycles. The highest BCUT2D eigenvalue weighted by molar-refractivity contribution is 6.09. The van der Waals surface area contributed by atoms with Crippen molar-refractivity contribution in [3.8, 4) is 5.75 Å². The number of pyridine rings is 1. The van der Waals surface area contributed by atoms with E-state index in [9.17, 15) is 4.79 Å². The van der Waals surface area contributed by atoms with E-state index >= 15 is 0 Å². The average molecular weight is 325 g/mol. The predicted octanol–water partition coefficient (Wildman–Crippen LogP) is 3.37. The van der Waals surface area contributed by atoms with Crippen molar-refractivity contribution in [3.63, 3.8) is 0 Å². The third-order valence-corrected chi connectivity index (χ3v) is 4.58. The first-order chi connectivity index (χ1) is 11.5. The molecule has 0 unspecified atom stereocenters. The molecule has 0 radical (unpaired) electrons. The molecule has 24 heavy (non-hydrogen) atoms. The van der Waals surface area contributed by atoms with Crippen molar-refractivity contribution in [2.45, 2.75) is 26.8 Å². The van der Waals surface area contributed by atoms with Crippen LogP contribution in [-0.2, 0) is 11.3 Å². The number of rotatable bonds is 5. The van der Waals surface area contributed by atoms with Crippen LogP contribution in [0.25, 0.3) is 21.8 Å². The molecule has 5 nitrogen and oxygen atoms in total. The first-order valence-corrected chi connectivity index (χ1v) is 8.16. The van der Waals surface area contributed by atoms with Gasteiger partial charge in [0.15, 0.2) is 0 Å². The summed E-state index contributed by atoms with van der Waals surface area (Å²) in [5.74, 6) is 0.940. The largest absolute Gasteiger partial charge is 0.497 e. The van der Waals surface area contributed by atoms with E-state index in [1.54, 1.807) is 18.9 Å². The Morgan fingerprint density at radius 1 is 1.29 bits per heavy atom. The van der Waals surface area contributed by atoms with Gasteiger partial charge in [-0.2, -0.15) is 0 Å². The van der Waals surface area contributed by atoms with Crippen molar-refractivity contribution < 1.29 is 9.53 Å². The zero-order valence-corrected chi connectivity index (χ0v) is 14.7. The summed E-state index contributed by atoms with van der Waals surface area (Å²) in [6.45, 7) is 5.20. The molecule has 0 N–H and O–H groups in total. The lowest BCUT2D eigenvalue weighted by Gasteiger charge is -2.15. The monoisotopic (exact) mass is 325 g/mol. The molecule has 2 heterocycles. The van der Waals surface area contributed by atoms with Crippen molar-refractivity contribution in [3.05, 3.63) is 36.2 Å². The first-order valence-electron chi connectivity index (χ1n) is 8.16. The molecule has 0 atom stereocenters. The van der Waals surface area contributed by atoms with Gasteiger partial charge in [0, 0.05) is 50.1 Å². The normalized spacial score (nSPS) is 11.2. The van der Waals surface area contributed by atoms with Crippen LogP contribution in [-0.4, -0.2) is 41.1 Å². The molecule has 1 aromatic carbocycles. The fourth-order valence-electron chi connectivity index (χ4n) is 3.18. The molecule has 0 aliphatic carbocycles. The Kier molecular flexibility index (Phi) is 4.42. The summed E-state index contributed by atoms with van der Waals surface area (Å²) in [5.41, 5.74) is 3.32. The zero-order valence-electron chi connectivity index (χ0n) is 14.7. The molecule has 0 saturated carbocycles. The van der Waals surface area contributed by atoms with Gasteiger partial charge in [-0.25, -0.2) is 0 Å². The van der Waals surface area contributed by atoms with Gasteiger partial charge in [-0.1, -0.05) is 0 Å². The van der Waals surface area contributed by atoms with Crippen LogP contribution in [0.4, 0.5) is 0 Å². The van der Waals surface area contributed by atoms with Crippen molar-refractivity contribution in [1.82, 2.24) is 14.5 Å². The fraction of sp³-hybridized carbons (Fsp3) is 0.368. The van der Waals surface area contributed by atoms with Gasteiger partial charge in [0.05, 0.1) is 23.8 Å². The van der Waals surface area contributed by atoms with E-state index in [2.05, 4.69) is 27.8 Å². The lowest BCUT2D eigenvalue weighted by molar-refractivity contribution is -0.127. The van der Waals surface area contributed by atoms with Crippen molar-refractivity contribution >= 4 is 27.7 Å². The van der Waals surface area contributed by atoms with Crippen LogP contribution >= 0.6 is 0 Å². The lowest BCUT2D eigenvalue weighted by Crippen LogP contribution is -2.25. The Hall–Kier alpha value is -2.56. The second-order valence-corrected chi connectivity index (χ2v) is 6.12. The molecular weight excluding hydrogens is 302 g/mol.